The summed E-state index contributed by atoms with van der Waals surface area (Å²) in [5.74, 6) is 0. The molecule has 1 aromatic heterocycles. The Labute approximate surface area is 117 Å². The third-order valence-corrected chi connectivity index (χ3v) is 5.31. The minimum atomic E-state index is -4.47. The molecular weight excluding hydrogens is 291 g/mol. The Bertz CT molecular complexity index is 564. The van der Waals surface area contributed by atoms with Gasteiger partial charge in [0.15, 0.2) is 0 Å². The van der Waals surface area contributed by atoms with Gasteiger partial charge >= 0.3 is 6.18 Å². The molecule has 0 radical (unpaired) electrons. The topological polar surface area (TPSA) is 45.2 Å². The van der Waals surface area contributed by atoms with E-state index in [4.69, 9.17) is 0 Å². The van der Waals surface area contributed by atoms with Gasteiger partial charge in [0.2, 0.25) is 0 Å². The summed E-state index contributed by atoms with van der Waals surface area (Å²) < 4.78 is 51.7. The van der Waals surface area contributed by atoms with E-state index in [1.807, 2.05) is 0 Å². The normalized spacial score (nSPS) is 23.2. The standard InChI is InChI=1S/C12H14F3N3OS/c1-8-9(2-3-10(17-8)12(13,14)15)20(19)18-6-11(7-18)4-16-5-11/h2-3,16H,4-7H2,1H3. The van der Waals surface area contributed by atoms with E-state index in [-0.39, 0.29) is 11.1 Å². The highest BCUT2D eigenvalue weighted by molar-refractivity contribution is 7.82. The predicted molar refractivity (Wildman–Crippen MR) is 67.3 cm³/mol. The maximum absolute atomic E-state index is 12.5. The smallest absolute Gasteiger partial charge is 0.315 e. The van der Waals surface area contributed by atoms with Crippen LogP contribution in [0.5, 0.6) is 0 Å². The molecule has 3 rings (SSSR count). The maximum Gasteiger partial charge on any atom is 0.433 e. The van der Waals surface area contributed by atoms with Crippen molar-refractivity contribution in [2.75, 3.05) is 26.2 Å². The van der Waals surface area contributed by atoms with Crippen molar-refractivity contribution in [1.29, 1.82) is 0 Å². The number of nitrogens with one attached hydrogen (secondary N) is 1. The molecule has 2 saturated heterocycles. The van der Waals surface area contributed by atoms with Crippen molar-refractivity contribution in [2.45, 2.75) is 18.0 Å². The van der Waals surface area contributed by atoms with Gasteiger partial charge in [-0.3, -0.25) is 0 Å². The van der Waals surface area contributed by atoms with Gasteiger partial charge in [0.05, 0.1) is 10.6 Å². The van der Waals surface area contributed by atoms with Crippen LogP contribution in [0.2, 0.25) is 0 Å². The van der Waals surface area contributed by atoms with Gasteiger partial charge in [-0.2, -0.15) is 13.2 Å². The quantitative estimate of drug-likeness (QED) is 0.897. The molecule has 0 bridgehead atoms. The number of aromatic nitrogens is 1. The van der Waals surface area contributed by atoms with Crippen molar-refractivity contribution in [1.82, 2.24) is 14.6 Å². The first-order valence-electron chi connectivity index (χ1n) is 6.23. The van der Waals surface area contributed by atoms with Crippen molar-refractivity contribution < 1.29 is 17.4 Å². The number of pyridine rings is 1. The Morgan fingerprint density at radius 3 is 2.45 bits per heavy atom. The molecule has 0 saturated carbocycles. The molecule has 1 aromatic rings. The molecule has 0 aromatic carbocycles. The van der Waals surface area contributed by atoms with E-state index >= 15 is 0 Å². The molecule has 1 spiro atoms. The van der Waals surface area contributed by atoms with Crippen molar-refractivity contribution in [3.05, 3.63) is 23.5 Å². The van der Waals surface area contributed by atoms with E-state index in [2.05, 4.69) is 10.3 Å². The van der Waals surface area contributed by atoms with Crippen molar-refractivity contribution in [3.8, 4) is 0 Å². The fraction of sp³-hybridized carbons (Fsp3) is 0.583. The monoisotopic (exact) mass is 305 g/mol. The zero-order valence-corrected chi connectivity index (χ0v) is 11.6. The summed E-state index contributed by atoms with van der Waals surface area (Å²) >= 11 is 0. The number of nitrogens with zero attached hydrogens (tertiary/aromatic N) is 2. The Hall–Kier alpha value is -0.990. The molecule has 20 heavy (non-hydrogen) atoms. The summed E-state index contributed by atoms with van der Waals surface area (Å²) in [5, 5.41) is 3.18. The molecule has 2 aliphatic heterocycles. The zero-order chi connectivity index (χ0) is 14.5. The number of rotatable bonds is 2. The van der Waals surface area contributed by atoms with E-state index in [0.29, 0.717) is 18.0 Å². The van der Waals surface area contributed by atoms with Gasteiger partial charge in [0.25, 0.3) is 0 Å². The van der Waals surface area contributed by atoms with Gasteiger partial charge in [-0.05, 0) is 19.1 Å². The third kappa shape index (κ3) is 2.25. The average Bonchev–Trinajstić information content (AvgIpc) is 2.23. The number of aryl methyl sites for hydroxylation is 1. The van der Waals surface area contributed by atoms with Gasteiger partial charge < -0.3 is 5.32 Å². The highest BCUT2D eigenvalue weighted by atomic mass is 32.2. The molecule has 0 amide bonds. The Balaban J connectivity index is 1.76. The van der Waals surface area contributed by atoms with Crippen LogP contribution in [0.1, 0.15) is 11.4 Å². The second-order valence-corrected chi connectivity index (χ2v) is 6.88. The highest BCUT2D eigenvalue weighted by Gasteiger charge is 2.49. The summed E-state index contributed by atoms with van der Waals surface area (Å²) in [5.41, 5.74) is -0.548. The Morgan fingerprint density at radius 2 is 2.00 bits per heavy atom. The van der Waals surface area contributed by atoms with Crippen molar-refractivity contribution in [3.63, 3.8) is 0 Å². The molecule has 2 fully saturated rings. The average molecular weight is 305 g/mol. The largest absolute Gasteiger partial charge is 0.433 e. The molecule has 8 heteroatoms. The fourth-order valence-electron chi connectivity index (χ4n) is 2.55. The van der Waals surface area contributed by atoms with E-state index < -0.39 is 22.9 Å². The van der Waals surface area contributed by atoms with Crippen LogP contribution in [0.15, 0.2) is 17.0 Å². The lowest BCUT2D eigenvalue weighted by atomic mass is 9.76. The minimum Gasteiger partial charge on any atom is -0.315 e. The molecular formula is C12H14F3N3OS. The molecule has 1 atom stereocenters. The van der Waals surface area contributed by atoms with Gasteiger partial charge in [0.1, 0.15) is 16.7 Å². The molecule has 1 N–H and O–H groups in total. The lowest BCUT2D eigenvalue weighted by Crippen LogP contribution is -2.71. The lowest BCUT2D eigenvalue weighted by Gasteiger charge is -2.55. The highest BCUT2D eigenvalue weighted by Crippen LogP contribution is 2.37. The van der Waals surface area contributed by atoms with Crippen LogP contribution < -0.4 is 5.32 Å². The van der Waals surface area contributed by atoms with Crippen LogP contribution in [0, 0.1) is 12.3 Å². The SMILES string of the molecule is Cc1nc(C(F)(F)F)ccc1S(=O)N1CC2(CNC2)C1. The number of halogens is 3. The van der Waals surface area contributed by atoms with Crippen molar-refractivity contribution in [2.24, 2.45) is 5.41 Å². The van der Waals surface area contributed by atoms with E-state index in [1.54, 1.807) is 4.31 Å². The van der Waals surface area contributed by atoms with E-state index in [1.165, 1.54) is 13.0 Å². The summed E-state index contributed by atoms with van der Waals surface area (Å²) in [6.07, 6.45) is -4.47. The molecule has 0 aliphatic carbocycles. The molecule has 110 valence electrons. The fourth-order valence-corrected chi connectivity index (χ4v) is 4.09. The van der Waals surface area contributed by atoms with Crippen LogP contribution in [0.3, 0.4) is 0 Å². The maximum atomic E-state index is 12.5. The summed E-state index contributed by atoms with van der Waals surface area (Å²) in [6, 6.07) is 2.16. The van der Waals surface area contributed by atoms with Crippen LogP contribution in [-0.2, 0) is 17.2 Å². The minimum absolute atomic E-state index is 0.172. The lowest BCUT2D eigenvalue weighted by molar-refractivity contribution is -0.141. The molecule has 1 unspecified atom stereocenters. The number of hydrogen-bond donors (Lipinski definition) is 1. The van der Waals surface area contributed by atoms with Gasteiger partial charge in [-0.15, -0.1) is 0 Å². The van der Waals surface area contributed by atoms with Crippen LogP contribution in [0.4, 0.5) is 13.2 Å². The van der Waals surface area contributed by atoms with Gasteiger partial charge in [-0.25, -0.2) is 13.5 Å². The van der Waals surface area contributed by atoms with E-state index in [0.717, 1.165) is 19.2 Å². The first-order chi connectivity index (χ1) is 9.31. The summed E-state index contributed by atoms with van der Waals surface area (Å²) in [4.78, 5) is 3.88. The summed E-state index contributed by atoms with van der Waals surface area (Å²) in [7, 11) is -1.43. The van der Waals surface area contributed by atoms with Crippen LogP contribution in [-0.4, -0.2) is 39.7 Å². The first-order valence-corrected chi connectivity index (χ1v) is 7.34. The van der Waals surface area contributed by atoms with Gasteiger partial charge in [0, 0.05) is 31.6 Å². The van der Waals surface area contributed by atoms with Crippen LogP contribution >= 0.6 is 0 Å². The Morgan fingerprint density at radius 1 is 1.35 bits per heavy atom. The second-order valence-electron chi connectivity index (χ2n) is 5.43. The first kappa shape index (κ1) is 14.0. The number of alkyl halides is 3. The Kier molecular flexibility index (Phi) is 3.15. The zero-order valence-electron chi connectivity index (χ0n) is 10.8. The molecule has 4 nitrogen and oxygen atoms in total. The van der Waals surface area contributed by atoms with Crippen LogP contribution in [0.25, 0.3) is 0 Å². The molecule has 3 heterocycles. The third-order valence-electron chi connectivity index (χ3n) is 3.77. The van der Waals surface area contributed by atoms with Gasteiger partial charge in [-0.1, -0.05) is 0 Å². The molecule has 2 aliphatic rings. The second kappa shape index (κ2) is 4.51. The predicted octanol–water partition coefficient (Wildman–Crippen LogP) is 1.34. The summed E-state index contributed by atoms with van der Waals surface area (Å²) in [6.45, 7) is 4.74. The van der Waals surface area contributed by atoms with E-state index in [9.17, 15) is 17.4 Å². The number of hydrogen-bond acceptors (Lipinski definition) is 3. The van der Waals surface area contributed by atoms with Crippen molar-refractivity contribution >= 4 is 11.0 Å².